The maximum Gasteiger partial charge on any atom is 0.272 e. The summed E-state index contributed by atoms with van der Waals surface area (Å²) in [6.07, 6.45) is 0.714. The molecule has 0 aliphatic carbocycles. The lowest BCUT2D eigenvalue weighted by atomic mass is 10.1. The van der Waals surface area contributed by atoms with Gasteiger partial charge in [-0.3, -0.25) is 14.5 Å². The largest absolute Gasteiger partial charge is 0.497 e. The predicted molar refractivity (Wildman–Crippen MR) is 129 cm³/mol. The number of aromatic nitrogens is 4. The molecule has 1 aliphatic heterocycles. The third-order valence-corrected chi connectivity index (χ3v) is 6.24. The summed E-state index contributed by atoms with van der Waals surface area (Å²) < 4.78 is 10.5. The second-order valence-electron chi connectivity index (χ2n) is 8.44. The van der Waals surface area contributed by atoms with Gasteiger partial charge in [0.1, 0.15) is 5.75 Å². The number of amides is 1. The first-order chi connectivity index (χ1) is 17.1. The molecule has 0 bridgehead atoms. The number of rotatable bonds is 7. The van der Waals surface area contributed by atoms with Gasteiger partial charge in [0, 0.05) is 56.5 Å². The Labute approximate surface area is 201 Å². The molecule has 1 aliphatic rings. The number of aryl methyl sites for hydroxylation is 1. The molecular formula is C25H26N6O4. The second-order valence-corrected chi connectivity index (χ2v) is 8.44. The van der Waals surface area contributed by atoms with E-state index in [4.69, 9.17) is 9.26 Å². The standard InChI is InChI=1S/C25H26N6O4/c1-34-18-8-6-17(7-9-18)24-26-22(35-29-24)10-11-23(32)31-14-12-30(13-15-31)16-21-19-4-2-3-5-20(19)25(33)28-27-21/h2-9H,10-16H2,1H3,(H,28,33). The van der Waals surface area contributed by atoms with E-state index < -0.39 is 0 Å². The third-order valence-electron chi connectivity index (χ3n) is 6.24. The number of benzene rings is 2. The minimum atomic E-state index is -0.183. The fraction of sp³-hybridized carbons (Fsp3) is 0.320. The first-order valence-corrected chi connectivity index (χ1v) is 11.5. The summed E-state index contributed by atoms with van der Waals surface area (Å²) in [6, 6.07) is 14.9. The van der Waals surface area contributed by atoms with E-state index in [9.17, 15) is 9.59 Å². The average Bonchev–Trinajstić information content (AvgIpc) is 3.39. The highest BCUT2D eigenvalue weighted by Gasteiger charge is 2.22. The number of H-pyrrole nitrogens is 1. The number of ether oxygens (including phenoxy) is 1. The number of nitrogens with one attached hydrogen (secondary N) is 1. The first kappa shape index (κ1) is 22.7. The van der Waals surface area contributed by atoms with Gasteiger partial charge in [-0.1, -0.05) is 23.4 Å². The van der Waals surface area contributed by atoms with E-state index in [0.717, 1.165) is 35.5 Å². The molecule has 35 heavy (non-hydrogen) atoms. The van der Waals surface area contributed by atoms with Crippen LogP contribution in [0.3, 0.4) is 0 Å². The minimum absolute atomic E-state index is 0.0708. The highest BCUT2D eigenvalue weighted by atomic mass is 16.5. The Morgan fingerprint density at radius 3 is 2.54 bits per heavy atom. The molecule has 2 aromatic carbocycles. The third kappa shape index (κ3) is 5.07. The topological polar surface area (TPSA) is 117 Å². The SMILES string of the molecule is COc1ccc(-c2noc(CCC(=O)N3CCN(Cc4n[nH]c(=O)c5ccccc45)CC3)n2)cc1. The fourth-order valence-corrected chi connectivity index (χ4v) is 4.24. The van der Waals surface area contributed by atoms with Crippen molar-refractivity contribution in [2.45, 2.75) is 19.4 Å². The van der Waals surface area contributed by atoms with E-state index in [2.05, 4.69) is 25.2 Å². The summed E-state index contributed by atoms with van der Waals surface area (Å²) in [6.45, 7) is 3.38. The average molecular weight is 475 g/mol. The number of aromatic amines is 1. The quantitative estimate of drug-likeness (QED) is 0.433. The lowest BCUT2D eigenvalue weighted by Crippen LogP contribution is -2.48. The Morgan fingerprint density at radius 1 is 1.06 bits per heavy atom. The maximum atomic E-state index is 12.7. The molecule has 0 atom stereocenters. The molecule has 3 heterocycles. The number of piperazine rings is 1. The zero-order valence-corrected chi connectivity index (χ0v) is 19.4. The summed E-state index contributed by atoms with van der Waals surface area (Å²) in [5.41, 5.74) is 1.48. The molecule has 0 radical (unpaired) electrons. The molecule has 1 amide bonds. The lowest BCUT2D eigenvalue weighted by Gasteiger charge is -2.34. The summed E-state index contributed by atoms with van der Waals surface area (Å²) in [7, 11) is 1.61. The van der Waals surface area contributed by atoms with Crippen molar-refractivity contribution in [1.29, 1.82) is 0 Å². The monoisotopic (exact) mass is 474 g/mol. The van der Waals surface area contributed by atoms with Crippen LogP contribution >= 0.6 is 0 Å². The zero-order chi connectivity index (χ0) is 24.2. The van der Waals surface area contributed by atoms with Crippen LogP contribution in [-0.2, 0) is 17.8 Å². The van der Waals surface area contributed by atoms with Crippen LogP contribution in [0.15, 0.2) is 57.8 Å². The van der Waals surface area contributed by atoms with Crippen LogP contribution in [0.2, 0.25) is 0 Å². The Hall–Kier alpha value is -4.05. The van der Waals surface area contributed by atoms with Crippen molar-refractivity contribution in [3.8, 4) is 17.1 Å². The molecule has 10 nitrogen and oxygen atoms in total. The molecule has 0 saturated carbocycles. The first-order valence-electron chi connectivity index (χ1n) is 11.5. The predicted octanol–water partition coefficient (Wildman–Crippen LogP) is 2.26. The van der Waals surface area contributed by atoms with Crippen molar-refractivity contribution in [3.05, 3.63) is 70.5 Å². The Morgan fingerprint density at radius 2 is 1.80 bits per heavy atom. The Bertz CT molecular complexity index is 1370. The van der Waals surface area contributed by atoms with Crippen molar-refractivity contribution in [1.82, 2.24) is 30.1 Å². The smallest absolute Gasteiger partial charge is 0.272 e. The van der Waals surface area contributed by atoms with Gasteiger partial charge >= 0.3 is 0 Å². The molecule has 180 valence electrons. The highest BCUT2D eigenvalue weighted by Crippen LogP contribution is 2.20. The van der Waals surface area contributed by atoms with Gasteiger partial charge in [0.15, 0.2) is 0 Å². The minimum Gasteiger partial charge on any atom is -0.497 e. The molecule has 10 heteroatoms. The number of fused-ring (bicyclic) bond motifs is 1. The van der Waals surface area contributed by atoms with E-state index in [1.165, 1.54) is 0 Å². The van der Waals surface area contributed by atoms with Gasteiger partial charge in [-0.25, -0.2) is 5.10 Å². The molecule has 0 unspecified atom stereocenters. The van der Waals surface area contributed by atoms with Crippen LogP contribution in [0.25, 0.3) is 22.2 Å². The van der Waals surface area contributed by atoms with Crippen molar-refractivity contribution in [3.63, 3.8) is 0 Å². The molecule has 1 saturated heterocycles. The summed E-state index contributed by atoms with van der Waals surface area (Å²) in [4.78, 5) is 33.3. The van der Waals surface area contributed by atoms with Gasteiger partial charge in [0.2, 0.25) is 17.6 Å². The van der Waals surface area contributed by atoms with Crippen LogP contribution in [-0.4, -0.2) is 69.3 Å². The summed E-state index contributed by atoms with van der Waals surface area (Å²) >= 11 is 0. The van der Waals surface area contributed by atoms with Gasteiger partial charge < -0.3 is 14.2 Å². The van der Waals surface area contributed by atoms with E-state index in [1.54, 1.807) is 13.2 Å². The van der Waals surface area contributed by atoms with E-state index >= 15 is 0 Å². The van der Waals surface area contributed by atoms with Crippen LogP contribution in [0, 0.1) is 0 Å². The summed E-state index contributed by atoms with van der Waals surface area (Å²) in [5.74, 6) is 1.76. The van der Waals surface area contributed by atoms with Crippen molar-refractivity contribution < 1.29 is 14.1 Å². The van der Waals surface area contributed by atoms with E-state index in [1.807, 2.05) is 47.4 Å². The van der Waals surface area contributed by atoms with Gasteiger partial charge in [-0.15, -0.1) is 0 Å². The van der Waals surface area contributed by atoms with Crippen molar-refractivity contribution in [2.75, 3.05) is 33.3 Å². The number of hydrogen-bond acceptors (Lipinski definition) is 8. The maximum absolute atomic E-state index is 12.7. The Balaban J connectivity index is 1.12. The lowest BCUT2D eigenvalue weighted by molar-refractivity contribution is -0.133. The molecular weight excluding hydrogens is 448 g/mol. The number of nitrogens with zero attached hydrogens (tertiary/aromatic N) is 5. The molecule has 0 spiro atoms. The number of carbonyl (C=O) groups excluding carboxylic acids is 1. The number of hydrogen-bond donors (Lipinski definition) is 1. The van der Waals surface area contributed by atoms with Crippen LogP contribution in [0.1, 0.15) is 18.0 Å². The molecule has 5 rings (SSSR count). The van der Waals surface area contributed by atoms with Crippen molar-refractivity contribution >= 4 is 16.7 Å². The molecule has 2 aromatic heterocycles. The van der Waals surface area contributed by atoms with Gasteiger partial charge in [-0.05, 0) is 30.3 Å². The normalized spacial score (nSPS) is 14.4. The van der Waals surface area contributed by atoms with Gasteiger partial charge in [0.05, 0.1) is 18.2 Å². The van der Waals surface area contributed by atoms with Crippen LogP contribution < -0.4 is 10.3 Å². The fourth-order valence-electron chi connectivity index (χ4n) is 4.24. The summed E-state index contributed by atoms with van der Waals surface area (Å²) in [5, 5.41) is 12.4. The number of carbonyl (C=O) groups is 1. The molecule has 1 fully saturated rings. The molecule has 1 N–H and O–H groups in total. The highest BCUT2D eigenvalue weighted by molar-refractivity contribution is 5.83. The van der Waals surface area contributed by atoms with E-state index in [0.29, 0.717) is 49.6 Å². The van der Waals surface area contributed by atoms with Crippen LogP contribution in [0.4, 0.5) is 0 Å². The zero-order valence-electron chi connectivity index (χ0n) is 19.4. The second kappa shape index (κ2) is 10.1. The van der Waals surface area contributed by atoms with Gasteiger partial charge in [0.25, 0.3) is 5.56 Å². The Kier molecular flexibility index (Phi) is 6.53. The van der Waals surface area contributed by atoms with Crippen molar-refractivity contribution in [2.24, 2.45) is 0 Å². The van der Waals surface area contributed by atoms with E-state index in [-0.39, 0.29) is 11.5 Å². The number of methoxy groups -OCH3 is 1. The molecule has 4 aromatic rings. The van der Waals surface area contributed by atoms with Crippen LogP contribution in [0.5, 0.6) is 5.75 Å². The van der Waals surface area contributed by atoms with Gasteiger partial charge in [-0.2, -0.15) is 10.1 Å².